The van der Waals surface area contributed by atoms with Crippen molar-refractivity contribution in [1.82, 2.24) is 24.5 Å². The summed E-state index contributed by atoms with van der Waals surface area (Å²) in [6.45, 7) is 1.09. The van der Waals surface area contributed by atoms with Crippen LogP contribution in [0.5, 0.6) is 5.75 Å². The quantitative estimate of drug-likeness (QED) is 0.475. The second kappa shape index (κ2) is 8.74. The Morgan fingerprint density at radius 1 is 1.03 bits per heavy atom. The van der Waals surface area contributed by atoms with Gasteiger partial charge < -0.3 is 9.64 Å². The number of hydrogen-bond donors (Lipinski definition) is 0. The molecule has 33 heavy (non-hydrogen) atoms. The van der Waals surface area contributed by atoms with E-state index in [2.05, 4.69) is 10.3 Å². The molecule has 8 heteroatoms. The number of carbonyl (C=O) groups excluding carboxylic acids is 1. The van der Waals surface area contributed by atoms with Crippen LogP contribution in [0.2, 0.25) is 0 Å². The first-order valence-corrected chi connectivity index (χ1v) is 10.8. The lowest BCUT2D eigenvalue weighted by atomic mass is 10.2. The van der Waals surface area contributed by atoms with E-state index in [0.717, 1.165) is 17.7 Å². The zero-order valence-corrected chi connectivity index (χ0v) is 18.2. The van der Waals surface area contributed by atoms with Crippen molar-refractivity contribution in [2.24, 2.45) is 0 Å². The number of nitrogens with zero attached hydrogens (tertiary/aromatic N) is 5. The van der Waals surface area contributed by atoms with Gasteiger partial charge in [0.1, 0.15) is 11.4 Å². The first kappa shape index (κ1) is 20.7. The molecule has 0 bridgehead atoms. The third kappa shape index (κ3) is 4.03. The Labute approximate surface area is 190 Å². The minimum Gasteiger partial charge on any atom is -0.496 e. The molecule has 1 saturated heterocycles. The highest BCUT2D eigenvalue weighted by Crippen LogP contribution is 2.27. The molecule has 0 saturated carbocycles. The average Bonchev–Trinajstić information content (AvgIpc) is 3.55. The molecule has 1 aliphatic heterocycles. The van der Waals surface area contributed by atoms with Gasteiger partial charge in [0.25, 0.3) is 11.5 Å². The minimum absolute atomic E-state index is 0.0323. The summed E-state index contributed by atoms with van der Waals surface area (Å²) in [5.41, 5.74) is 2.59. The lowest BCUT2D eigenvalue weighted by molar-refractivity contribution is 0.0782. The fourth-order valence-corrected chi connectivity index (χ4v) is 4.14. The number of aromatic nitrogens is 4. The van der Waals surface area contributed by atoms with Gasteiger partial charge in [-0.3, -0.25) is 14.2 Å². The van der Waals surface area contributed by atoms with Crippen LogP contribution in [0.3, 0.4) is 0 Å². The monoisotopic (exact) mass is 441 g/mol. The molecule has 3 heterocycles. The summed E-state index contributed by atoms with van der Waals surface area (Å²) >= 11 is 0. The number of rotatable bonds is 5. The van der Waals surface area contributed by atoms with Crippen molar-refractivity contribution in [1.29, 1.82) is 0 Å². The number of likely N-dealkylation sites (tertiary alicyclic amines) is 1. The summed E-state index contributed by atoms with van der Waals surface area (Å²) in [6, 6.07) is 20.5. The maximum atomic E-state index is 13.4. The highest BCUT2D eigenvalue weighted by atomic mass is 16.5. The van der Waals surface area contributed by atoms with E-state index in [4.69, 9.17) is 4.74 Å². The normalized spacial score (nSPS) is 15.5. The summed E-state index contributed by atoms with van der Waals surface area (Å²) in [6.07, 6.45) is 4.25. The van der Waals surface area contributed by atoms with E-state index >= 15 is 0 Å². The fraction of sp³-hybridized carbons (Fsp3) is 0.200. The van der Waals surface area contributed by atoms with Gasteiger partial charge in [-0.05, 0) is 18.6 Å². The number of ether oxygens (including phenoxy) is 1. The third-order valence-electron chi connectivity index (χ3n) is 5.90. The van der Waals surface area contributed by atoms with Crippen molar-refractivity contribution in [2.45, 2.75) is 12.5 Å². The maximum absolute atomic E-state index is 13.4. The molecule has 8 nitrogen and oxygen atoms in total. The number of pyridine rings is 1. The van der Waals surface area contributed by atoms with Crippen LogP contribution in [0.15, 0.2) is 83.9 Å². The molecule has 0 radical (unpaired) electrons. The number of amides is 1. The first-order valence-electron chi connectivity index (χ1n) is 10.8. The summed E-state index contributed by atoms with van der Waals surface area (Å²) in [5, 5.41) is 8.59. The van der Waals surface area contributed by atoms with Crippen LogP contribution in [0.25, 0.3) is 16.9 Å². The van der Waals surface area contributed by atoms with Crippen LogP contribution in [0, 0.1) is 0 Å². The van der Waals surface area contributed by atoms with Crippen LogP contribution in [0.4, 0.5) is 0 Å². The molecule has 0 N–H and O–H groups in total. The number of methoxy groups -OCH3 is 1. The van der Waals surface area contributed by atoms with Gasteiger partial charge in [-0.1, -0.05) is 53.7 Å². The van der Waals surface area contributed by atoms with E-state index in [1.165, 1.54) is 17.7 Å². The second-order valence-electron chi connectivity index (χ2n) is 7.94. The molecule has 1 atom stereocenters. The molecule has 0 spiro atoms. The molecule has 1 unspecified atom stereocenters. The predicted octanol–water partition coefficient (Wildman–Crippen LogP) is 3.19. The molecule has 2 aromatic carbocycles. The Kier molecular flexibility index (Phi) is 5.48. The van der Waals surface area contributed by atoms with Crippen molar-refractivity contribution < 1.29 is 9.53 Å². The van der Waals surface area contributed by atoms with Crippen LogP contribution in [-0.2, 0) is 0 Å². The van der Waals surface area contributed by atoms with Gasteiger partial charge in [0.05, 0.1) is 24.9 Å². The fourth-order valence-electron chi connectivity index (χ4n) is 4.14. The molecule has 166 valence electrons. The average molecular weight is 441 g/mol. The van der Waals surface area contributed by atoms with Crippen LogP contribution < -0.4 is 10.3 Å². The molecular weight excluding hydrogens is 418 g/mol. The highest BCUT2D eigenvalue weighted by Gasteiger charge is 2.31. The summed E-state index contributed by atoms with van der Waals surface area (Å²) in [5.74, 6) is 0.0928. The Balaban J connectivity index is 1.39. The number of hydrogen-bond acceptors (Lipinski definition) is 5. The molecule has 2 aromatic heterocycles. The van der Waals surface area contributed by atoms with E-state index in [0.29, 0.717) is 24.3 Å². The van der Waals surface area contributed by atoms with Gasteiger partial charge in [-0.15, -0.1) is 5.10 Å². The number of benzene rings is 2. The van der Waals surface area contributed by atoms with Gasteiger partial charge in [0, 0.05) is 36.6 Å². The minimum atomic E-state index is -0.259. The molecule has 0 aliphatic carbocycles. The second-order valence-corrected chi connectivity index (χ2v) is 7.94. The largest absolute Gasteiger partial charge is 0.496 e. The highest BCUT2D eigenvalue weighted by molar-refractivity contribution is 5.97. The molecule has 1 fully saturated rings. The SMILES string of the molecule is COc1cc(=O)n(-c2ccccc2)cc1C(=O)N1CCC(n2cc(-c3ccccc3)nn2)C1. The molecule has 1 aliphatic rings. The van der Waals surface area contributed by atoms with Crippen molar-refractivity contribution in [3.8, 4) is 22.7 Å². The summed E-state index contributed by atoms with van der Waals surface area (Å²) in [4.78, 5) is 27.8. The number of carbonyl (C=O) groups is 1. The van der Waals surface area contributed by atoms with E-state index in [1.54, 1.807) is 11.1 Å². The lowest BCUT2D eigenvalue weighted by Crippen LogP contribution is -2.31. The third-order valence-corrected chi connectivity index (χ3v) is 5.90. The van der Waals surface area contributed by atoms with Crippen molar-refractivity contribution >= 4 is 5.91 Å². The Morgan fingerprint density at radius 3 is 2.48 bits per heavy atom. The molecule has 5 rings (SSSR count). The van der Waals surface area contributed by atoms with Gasteiger partial charge >= 0.3 is 0 Å². The zero-order chi connectivity index (χ0) is 22.8. The van der Waals surface area contributed by atoms with E-state index in [9.17, 15) is 9.59 Å². The maximum Gasteiger partial charge on any atom is 0.259 e. The van der Waals surface area contributed by atoms with Crippen LogP contribution in [-0.4, -0.2) is 50.6 Å². The Bertz CT molecular complexity index is 1330. The van der Waals surface area contributed by atoms with Gasteiger partial charge in [0.15, 0.2) is 0 Å². The van der Waals surface area contributed by atoms with E-state index in [1.807, 2.05) is 71.5 Å². The van der Waals surface area contributed by atoms with E-state index < -0.39 is 0 Å². The van der Waals surface area contributed by atoms with Crippen molar-refractivity contribution in [3.63, 3.8) is 0 Å². The van der Waals surface area contributed by atoms with Crippen LogP contribution in [0.1, 0.15) is 22.8 Å². The topological polar surface area (TPSA) is 82.2 Å². The van der Waals surface area contributed by atoms with Crippen LogP contribution >= 0.6 is 0 Å². The standard InChI is InChI=1S/C25H23N5O3/c1-33-23-14-24(31)29(19-10-6-3-7-11-19)16-21(23)25(32)28-13-12-20(15-28)30-17-22(26-27-30)18-8-4-2-5-9-18/h2-11,14,16-17,20H,12-13,15H2,1H3. The predicted molar refractivity (Wildman–Crippen MR) is 124 cm³/mol. The summed E-state index contributed by atoms with van der Waals surface area (Å²) in [7, 11) is 1.46. The first-order chi connectivity index (χ1) is 16.1. The zero-order valence-electron chi connectivity index (χ0n) is 18.2. The van der Waals surface area contributed by atoms with Crippen molar-refractivity contribution in [3.05, 3.63) is 95.0 Å². The van der Waals surface area contributed by atoms with Gasteiger partial charge in [-0.2, -0.15) is 0 Å². The van der Waals surface area contributed by atoms with E-state index in [-0.39, 0.29) is 23.3 Å². The number of para-hydroxylation sites is 1. The smallest absolute Gasteiger partial charge is 0.259 e. The summed E-state index contributed by atoms with van der Waals surface area (Å²) < 4.78 is 8.67. The molecule has 4 aromatic rings. The van der Waals surface area contributed by atoms with Crippen molar-refractivity contribution in [2.75, 3.05) is 20.2 Å². The van der Waals surface area contributed by atoms with Gasteiger partial charge in [-0.25, -0.2) is 4.68 Å². The lowest BCUT2D eigenvalue weighted by Gasteiger charge is -2.19. The Hall–Kier alpha value is -4.20. The molecular formula is C25H23N5O3. The molecule has 1 amide bonds. The van der Waals surface area contributed by atoms with Gasteiger partial charge in [0.2, 0.25) is 0 Å². The Morgan fingerprint density at radius 2 is 1.76 bits per heavy atom.